The summed E-state index contributed by atoms with van der Waals surface area (Å²) in [6, 6.07) is -0.382. The third-order valence-electron chi connectivity index (χ3n) is 2.96. The van der Waals surface area contributed by atoms with Gasteiger partial charge in [-0.3, -0.25) is 4.55 Å². The van der Waals surface area contributed by atoms with Crippen molar-refractivity contribution in [2.45, 2.75) is 43.0 Å². The lowest BCUT2D eigenvalue weighted by atomic mass is 9.91. The molecule has 3 atom stereocenters. The van der Waals surface area contributed by atoms with Crippen LogP contribution in [-0.4, -0.2) is 41.8 Å². The van der Waals surface area contributed by atoms with E-state index in [2.05, 4.69) is 9.69 Å². The van der Waals surface area contributed by atoms with Gasteiger partial charge in [-0.25, -0.2) is 13.1 Å². The van der Waals surface area contributed by atoms with Crippen molar-refractivity contribution in [3.05, 3.63) is 22.8 Å². The van der Waals surface area contributed by atoms with Crippen molar-refractivity contribution in [1.82, 2.24) is 0 Å². The Kier molecular flexibility index (Phi) is 5.94. The zero-order chi connectivity index (χ0) is 13.6. The Morgan fingerprint density at radius 2 is 1.89 bits per heavy atom. The van der Waals surface area contributed by atoms with Crippen molar-refractivity contribution < 1.29 is 13.0 Å². The highest BCUT2D eigenvalue weighted by atomic mass is 32.2. The Balaban J connectivity index is 2.29. The summed E-state index contributed by atoms with van der Waals surface area (Å²) in [5.41, 5.74) is 0. The van der Waals surface area contributed by atoms with Gasteiger partial charge in [-0.1, -0.05) is 0 Å². The van der Waals surface area contributed by atoms with Crippen LogP contribution in [-0.2, 0) is 10.1 Å². The summed E-state index contributed by atoms with van der Waals surface area (Å²) in [7, 11) is -3.86. The van der Waals surface area contributed by atoms with Crippen molar-refractivity contribution in [3.8, 4) is 0 Å². The van der Waals surface area contributed by atoms with E-state index in [1.54, 1.807) is 11.8 Å². The molecule has 0 heterocycles. The Bertz CT molecular complexity index is 450. The van der Waals surface area contributed by atoms with Gasteiger partial charge in [0.05, 0.1) is 5.75 Å². The number of thioether (sulfide) groups is 1. The zero-order valence-corrected chi connectivity index (χ0v) is 11.6. The lowest BCUT2D eigenvalue weighted by molar-refractivity contribution is 0.467. The Labute approximate surface area is 112 Å². The van der Waals surface area contributed by atoms with Crippen LogP contribution in [0.4, 0.5) is 0 Å². The highest BCUT2D eigenvalue weighted by Crippen LogP contribution is 2.32. The van der Waals surface area contributed by atoms with E-state index < -0.39 is 10.1 Å². The molecule has 0 radical (unpaired) electrons. The molecule has 1 aliphatic carbocycles. The first-order valence-electron chi connectivity index (χ1n) is 5.76. The van der Waals surface area contributed by atoms with E-state index in [0.717, 1.165) is 12.8 Å². The standard InChI is InChI=1S/C11H16N2O3S2/c1-12-10-5-4-9(8-11(10)13-2)17-6-3-7-18(14,15)16/h9-11H,3-8H2,(H,14,15,16). The largest absolute Gasteiger partial charge is 0.305 e. The normalized spacial score (nSPS) is 28.3. The molecule has 5 nitrogen and oxygen atoms in total. The second kappa shape index (κ2) is 6.98. The van der Waals surface area contributed by atoms with Gasteiger partial charge in [-0.15, -0.1) is 0 Å². The topological polar surface area (TPSA) is 63.1 Å². The minimum atomic E-state index is -3.86. The van der Waals surface area contributed by atoms with Crippen molar-refractivity contribution >= 4 is 21.9 Å². The maximum atomic E-state index is 10.5. The van der Waals surface area contributed by atoms with Crippen molar-refractivity contribution in [2.75, 3.05) is 11.5 Å². The highest BCUT2D eigenvalue weighted by molar-refractivity contribution is 7.99. The van der Waals surface area contributed by atoms with Crippen molar-refractivity contribution in [2.24, 2.45) is 0 Å². The van der Waals surface area contributed by atoms with E-state index in [0.29, 0.717) is 23.8 Å². The number of nitrogens with zero attached hydrogens (tertiary/aromatic N) is 2. The fraction of sp³-hybridized carbons (Fsp3) is 0.818. The van der Waals surface area contributed by atoms with Crippen LogP contribution in [0.3, 0.4) is 0 Å². The molecule has 0 aromatic carbocycles. The van der Waals surface area contributed by atoms with Gasteiger partial charge in [0.1, 0.15) is 0 Å². The molecule has 1 saturated carbocycles. The Morgan fingerprint density at radius 1 is 1.22 bits per heavy atom. The summed E-state index contributed by atoms with van der Waals surface area (Å²) in [6.45, 7) is 14.1. The average Bonchev–Trinajstić information content (AvgIpc) is 2.33. The molecule has 100 valence electrons. The summed E-state index contributed by atoms with van der Waals surface area (Å²) in [6.07, 6.45) is 2.81. The van der Waals surface area contributed by atoms with Crippen LogP contribution >= 0.6 is 11.8 Å². The molecule has 1 aliphatic rings. The maximum Gasteiger partial charge on any atom is 0.297 e. The quantitative estimate of drug-likeness (QED) is 0.478. The lowest BCUT2D eigenvalue weighted by Gasteiger charge is -2.22. The maximum absolute atomic E-state index is 10.5. The fourth-order valence-corrected chi connectivity index (χ4v) is 4.00. The third-order valence-corrected chi connectivity index (χ3v) is 5.19. The molecule has 0 amide bonds. The number of rotatable bonds is 5. The highest BCUT2D eigenvalue weighted by Gasteiger charge is 2.39. The molecular formula is C11H16N2O3S2. The average molecular weight is 288 g/mol. The minimum Gasteiger partial charge on any atom is -0.305 e. The predicted octanol–water partition coefficient (Wildman–Crippen LogP) is 2.13. The second-order valence-corrected chi connectivity index (χ2v) is 7.32. The molecular weight excluding hydrogens is 272 g/mol. The van der Waals surface area contributed by atoms with Gasteiger partial charge in [-0.2, -0.15) is 20.2 Å². The smallest absolute Gasteiger partial charge is 0.297 e. The van der Waals surface area contributed by atoms with Gasteiger partial charge in [0, 0.05) is 18.1 Å². The van der Waals surface area contributed by atoms with E-state index in [1.807, 2.05) is 0 Å². The molecule has 0 aliphatic heterocycles. The zero-order valence-electron chi connectivity index (χ0n) is 9.95. The molecule has 0 aromatic rings. The van der Waals surface area contributed by atoms with Gasteiger partial charge in [-0.05, 0) is 18.6 Å². The van der Waals surface area contributed by atoms with Crippen molar-refractivity contribution in [1.29, 1.82) is 0 Å². The molecule has 18 heavy (non-hydrogen) atoms. The number of hydrogen-bond acceptors (Lipinski definition) is 3. The monoisotopic (exact) mass is 288 g/mol. The molecule has 1 N–H and O–H groups in total. The molecule has 3 unspecified atom stereocenters. The summed E-state index contributed by atoms with van der Waals surface area (Å²) in [5.74, 6) is 0.460. The molecule has 0 saturated heterocycles. The first-order valence-corrected chi connectivity index (χ1v) is 8.42. The summed E-state index contributed by atoms with van der Waals surface area (Å²) >= 11 is 1.65. The summed E-state index contributed by atoms with van der Waals surface area (Å²) in [4.78, 5) is 6.98. The van der Waals surface area contributed by atoms with Crippen LogP contribution in [0.2, 0.25) is 0 Å². The minimum absolute atomic E-state index is 0.169. The Hall–Kier alpha value is -0.760. The molecule has 0 aromatic heterocycles. The SMILES string of the molecule is [C-]#[N+]C1CCC(SCCCS(=O)(=O)O)CC1[N+]#[C-]. The van der Waals surface area contributed by atoms with Crippen LogP contribution in [0.5, 0.6) is 0 Å². The Morgan fingerprint density at radius 3 is 2.44 bits per heavy atom. The van der Waals surface area contributed by atoms with E-state index in [1.165, 1.54) is 0 Å². The molecule has 1 fully saturated rings. The van der Waals surface area contributed by atoms with Crippen LogP contribution in [0, 0.1) is 13.1 Å². The van der Waals surface area contributed by atoms with Crippen LogP contribution < -0.4 is 0 Å². The van der Waals surface area contributed by atoms with Crippen molar-refractivity contribution in [3.63, 3.8) is 0 Å². The second-order valence-electron chi connectivity index (χ2n) is 4.34. The van der Waals surface area contributed by atoms with Gasteiger partial charge in [0.15, 0.2) is 0 Å². The molecule has 0 spiro atoms. The molecule has 7 heteroatoms. The molecule has 0 bridgehead atoms. The van der Waals surface area contributed by atoms with Gasteiger partial charge in [0.25, 0.3) is 22.2 Å². The first-order chi connectivity index (χ1) is 8.46. The molecule has 1 rings (SSSR count). The van der Waals surface area contributed by atoms with E-state index >= 15 is 0 Å². The van der Waals surface area contributed by atoms with Gasteiger partial charge >= 0.3 is 0 Å². The third kappa shape index (κ3) is 5.26. The van der Waals surface area contributed by atoms with E-state index in [9.17, 15) is 8.42 Å². The van der Waals surface area contributed by atoms with E-state index in [4.69, 9.17) is 17.7 Å². The fourth-order valence-electron chi connectivity index (χ4n) is 2.03. The lowest BCUT2D eigenvalue weighted by Crippen LogP contribution is -2.30. The summed E-state index contributed by atoms with van der Waals surface area (Å²) < 4.78 is 29.7. The summed E-state index contributed by atoms with van der Waals surface area (Å²) in [5, 5.41) is 0.337. The van der Waals surface area contributed by atoms with Gasteiger partial charge in [0.2, 0.25) is 0 Å². The van der Waals surface area contributed by atoms with Crippen LogP contribution in [0.25, 0.3) is 9.69 Å². The van der Waals surface area contributed by atoms with E-state index in [-0.39, 0.29) is 17.8 Å². The predicted molar refractivity (Wildman–Crippen MR) is 71.9 cm³/mol. The van der Waals surface area contributed by atoms with Gasteiger partial charge < -0.3 is 9.69 Å². The number of hydrogen-bond donors (Lipinski definition) is 1. The van der Waals surface area contributed by atoms with Crippen LogP contribution in [0.1, 0.15) is 25.7 Å². The first kappa shape index (κ1) is 15.3. The van der Waals surface area contributed by atoms with Crippen LogP contribution in [0.15, 0.2) is 0 Å².